The van der Waals surface area contributed by atoms with Gasteiger partial charge < -0.3 is 16.0 Å². The number of piperidine rings is 1. The molecule has 1 heterocycles. The standard InChI is InChI=1S/C14H27N3O2.ClH/c1-14(2,3)17-13(19)10-16-12(18)5-4-11-6-8-15-9-7-11;/h11,15H,4-10H2,1-3H3,(H,16,18)(H,17,19);1H. The molecule has 1 fully saturated rings. The van der Waals surface area contributed by atoms with Crippen LogP contribution in [0.1, 0.15) is 46.5 Å². The summed E-state index contributed by atoms with van der Waals surface area (Å²) in [6.45, 7) is 7.94. The van der Waals surface area contributed by atoms with Crippen molar-refractivity contribution in [3.63, 3.8) is 0 Å². The Hall–Kier alpha value is -0.810. The number of hydrogen-bond donors (Lipinski definition) is 3. The molecule has 2 amide bonds. The van der Waals surface area contributed by atoms with Crippen molar-refractivity contribution in [1.82, 2.24) is 16.0 Å². The monoisotopic (exact) mass is 305 g/mol. The van der Waals surface area contributed by atoms with Gasteiger partial charge in [-0.05, 0) is 59.0 Å². The molecular weight excluding hydrogens is 278 g/mol. The topological polar surface area (TPSA) is 70.2 Å². The third kappa shape index (κ3) is 9.15. The summed E-state index contributed by atoms with van der Waals surface area (Å²) in [5.74, 6) is 0.487. The van der Waals surface area contributed by atoms with Crippen molar-refractivity contribution < 1.29 is 9.59 Å². The fourth-order valence-corrected chi connectivity index (χ4v) is 2.24. The first-order valence-electron chi connectivity index (χ1n) is 7.15. The van der Waals surface area contributed by atoms with Crippen LogP contribution in [0, 0.1) is 5.92 Å². The largest absolute Gasteiger partial charge is 0.350 e. The fraction of sp³-hybridized carbons (Fsp3) is 0.857. The molecule has 118 valence electrons. The van der Waals surface area contributed by atoms with E-state index in [1.54, 1.807) is 0 Å². The smallest absolute Gasteiger partial charge is 0.239 e. The van der Waals surface area contributed by atoms with Gasteiger partial charge in [0, 0.05) is 12.0 Å². The van der Waals surface area contributed by atoms with Gasteiger partial charge in [-0.2, -0.15) is 0 Å². The van der Waals surface area contributed by atoms with Crippen molar-refractivity contribution in [1.29, 1.82) is 0 Å². The number of amides is 2. The molecule has 0 radical (unpaired) electrons. The molecule has 0 bridgehead atoms. The number of hydrogen-bond acceptors (Lipinski definition) is 3. The minimum Gasteiger partial charge on any atom is -0.350 e. The summed E-state index contributed by atoms with van der Waals surface area (Å²) in [4.78, 5) is 23.2. The Labute approximate surface area is 128 Å². The number of rotatable bonds is 5. The van der Waals surface area contributed by atoms with E-state index in [1.807, 2.05) is 20.8 Å². The normalized spacial score (nSPS) is 16.1. The molecule has 1 aliphatic rings. The van der Waals surface area contributed by atoms with Crippen LogP contribution in [0.4, 0.5) is 0 Å². The van der Waals surface area contributed by atoms with Gasteiger partial charge in [0.15, 0.2) is 0 Å². The molecule has 1 saturated heterocycles. The fourth-order valence-electron chi connectivity index (χ4n) is 2.24. The van der Waals surface area contributed by atoms with Gasteiger partial charge in [0.05, 0.1) is 6.54 Å². The van der Waals surface area contributed by atoms with Gasteiger partial charge in [-0.15, -0.1) is 12.4 Å². The van der Waals surface area contributed by atoms with E-state index in [-0.39, 0.29) is 36.3 Å². The summed E-state index contributed by atoms with van der Waals surface area (Å²) in [5, 5.41) is 8.81. The molecule has 0 aromatic carbocycles. The summed E-state index contributed by atoms with van der Waals surface area (Å²) in [6.07, 6.45) is 3.75. The number of halogens is 1. The van der Waals surface area contributed by atoms with Gasteiger partial charge in [-0.25, -0.2) is 0 Å². The van der Waals surface area contributed by atoms with E-state index < -0.39 is 0 Å². The molecular formula is C14H28ClN3O2. The van der Waals surface area contributed by atoms with Gasteiger partial charge in [-0.3, -0.25) is 9.59 Å². The first-order chi connectivity index (χ1) is 8.87. The van der Waals surface area contributed by atoms with Crippen molar-refractivity contribution >= 4 is 24.2 Å². The molecule has 20 heavy (non-hydrogen) atoms. The molecule has 0 spiro atoms. The summed E-state index contributed by atoms with van der Waals surface area (Å²) >= 11 is 0. The molecule has 0 saturated carbocycles. The van der Waals surface area contributed by atoms with Crippen molar-refractivity contribution in [3.8, 4) is 0 Å². The molecule has 0 aliphatic carbocycles. The zero-order chi connectivity index (χ0) is 14.3. The van der Waals surface area contributed by atoms with Crippen molar-refractivity contribution in [3.05, 3.63) is 0 Å². The zero-order valence-electron chi connectivity index (χ0n) is 12.8. The maximum atomic E-state index is 11.6. The first kappa shape index (κ1) is 19.2. The predicted octanol–water partition coefficient (Wildman–Crippen LogP) is 1.22. The van der Waals surface area contributed by atoms with E-state index in [4.69, 9.17) is 0 Å². The van der Waals surface area contributed by atoms with Gasteiger partial charge >= 0.3 is 0 Å². The lowest BCUT2D eigenvalue weighted by Crippen LogP contribution is -2.45. The first-order valence-corrected chi connectivity index (χ1v) is 7.15. The highest BCUT2D eigenvalue weighted by Crippen LogP contribution is 2.17. The average molecular weight is 306 g/mol. The van der Waals surface area contributed by atoms with Crippen molar-refractivity contribution in [2.45, 2.75) is 52.0 Å². The van der Waals surface area contributed by atoms with E-state index in [2.05, 4.69) is 16.0 Å². The lowest BCUT2D eigenvalue weighted by molar-refractivity contribution is -0.127. The van der Waals surface area contributed by atoms with Gasteiger partial charge in [0.25, 0.3) is 0 Å². The van der Waals surface area contributed by atoms with Crippen LogP contribution in [0.25, 0.3) is 0 Å². The third-order valence-electron chi connectivity index (χ3n) is 3.20. The highest BCUT2D eigenvalue weighted by atomic mass is 35.5. The molecule has 0 aromatic heterocycles. The zero-order valence-corrected chi connectivity index (χ0v) is 13.6. The van der Waals surface area contributed by atoms with Crippen molar-refractivity contribution in [2.24, 2.45) is 5.92 Å². The van der Waals surface area contributed by atoms with Gasteiger partial charge in [0.1, 0.15) is 0 Å². The minimum absolute atomic E-state index is 0. The van der Waals surface area contributed by atoms with Crippen LogP contribution < -0.4 is 16.0 Å². The molecule has 3 N–H and O–H groups in total. The highest BCUT2D eigenvalue weighted by molar-refractivity contribution is 5.85. The molecule has 1 rings (SSSR count). The molecule has 0 aromatic rings. The Balaban J connectivity index is 0.00000361. The molecule has 0 atom stereocenters. The molecule has 6 heteroatoms. The highest BCUT2D eigenvalue weighted by Gasteiger charge is 2.16. The minimum atomic E-state index is -0.253. The summed E-state index contributed by atoms with van der Waals surface area (Å²) in [5.41, 5.74) is -0.253. The van der Waals surface area contributed by atoms with Gasteiger partial charge in [-0.1, -0.05) is 0 Å². The second-order valence-electron chi connectivity index (χ2n) is 6.31. The van der Waals surface area contributed by atoms with E-state index in [1.165, 1.54) is 0 Å². The van der Waals surface area contributed by atoms with Crippen molar-refractivity contribution in [2.75, 3.05) is 19.6 Å². The van der Waals surface area contributed by atoms with Crippen LogP contribution in [-0.2, 0) is 9.59 Å². The number of carbonyl (C=O) groups excluding carboxylic acids is 2. The molecule has 1 aliphatic heterocycles. The second-order valence-corrected chi connectivity index (χ2v) is 6.31. The maximum Gasteiger partial charge on any atom is 0.239 e. The van der Waals surface area contributed by atoms with Crippen LogP contribution in [0.3, 0.4) is 0 Å². The Kier molecular flexibility index (Phi) is 8.81. The quantitative estimate of drug-likeness (QED) is 0.715. The van der Waals surface area contributed by atoms with E-state index >= 15 is 0 Å². The average Bonchev–Trinajstić information content (AvgIpc) is 2.33. The Bertz CT molecular complexity index is 310. The summed E-state index contributed by atoms with van der Waals surface area (Å²) in [6, 6.07) is 0. The summed E-state index contributed by atoms with van der Waals surface area (Å²) in [7, 11) is 0. The third-order valence-corrected chi connectivity index (χ3v) is 3.20. The van der Waals surface area contributed by atoms with Crippen LogP contribution in [0.2, 0.25) is 0 Å². The van der Waals surface area contributed by atoms with Crippen LogP contribution in [-0.4, -0.2) is 37.0 Å². The number of carbonyl (C=O) groups is 2. The van der Waals surface area contributed by atoms with E-state index in [0.29, 0.717) is 12.3 Å². The van der Waals surface area contributed by atoms with E-state index in [0.717, 1.165) is 32.4 Å². The lowest BCUT2D eigenvalue weighted by atomic mass is 9.93. The predicted molar refractivity (Wildman–Crippen MR) is 83.0 cm³/mol. The maximum absolute atomic E-state index is 11.6. The number of nitrogens with one attached hydrogen (secondary N) is 3. The van der Waals surface area contributed by atoms with Crippen LogP contribution >= 0.6 is 12.4 Å². The molecule has 0 unspecified atom stereocenters. The Morgan fingerprint density at radius 1 is 1.15 bits per heavy atom. The van der Waals surface area contributed by atoms with Crippen LogP contribution in [0.5, 0.6) is 0 Å². The van der Waals surface area contributed by atoms with Crippen LogP contribution in [0.15, 0.2) is 0 Å². The second kappa shape index (κ2) is 9.19. The SMILES string of the molecule is CC(C)(C)NC(=O)CNC(=O)CCC1CCNCC1.Cl. The summed E-state index contributed by atoms with van der Waals surface area (Å²) < 4.78 is 0. The van der Waals surface area contributed by atoms with E-state index in [9.17, 15) is 9.59 Å². The molecule has 5 nitrogen and oxygen atoms in total. The Morgan fingerprint density at radius 3 is 2.30 bits per heavy atom. The Morgan fingerprint density at radius 2 is 1.75 bits per heavy atom. The lowest BCUT2D eigenvalue weighted by Gasteiger charge is -2.22. The van der Waals surface area contributed by atoms with Gasteiger partial charge in [0.2, 0.25) is 11.8 Å².